The van der Waals surface area contributed by atoms with Crippen molar-refractivity contribution >= 4 is 26.6 Å². The third kappa shape index (κ3) is 5.57. The Bertz CT molecular complexity index is 1180. The molecule has 8 heteroatoms. The molecule has 34 heavy (non-hydrogen) atoms. The van der Waals surface area contributed by atoms with E-state index in [2.05, 4.69) is 5.32 Å². The van der Waals surface area contributed by atoms with Gasteiger partial charge in [0, 0.05) is 18.7 Å². The van der Waals surface area contributed by atoms with Crippen molar-refractivity contribution in [2.75, 3.05) is 20.3 Å². The fourth-order valence-corrected chi connectivity index (χ4v) is 4.18. The molecule has 3 aromatic carbocycles. The summed E-state index contributed by atoms with van der Waals surface area (Å²) in [6.07, 6.45) is -4.53. The Morgan fingerprint density at radius 1 is 0.971 bits per heavy atom. The van der Waals surface area contributed by atoms with Crippen molar-refractivity contribution in [3.63, 3.8) is 0 Å². The molecule has 3 rings (SSSR count). The van der Waals surface area contributed by atoms with Gasteiger partial charge in [-0.1, -0.05) is 59.5 Å². The van der Waals surface area contributed by atoms with Crippen LogP contribution >= 0.6 is 0 Å². The van der Waals surface area contributed by atoms with Gasteiger partial charge in [-0.05, 0) is 46.9 Å². The molecule has 0 saturated carbocycles. The zero-order valence-electron chi connectivity index (χ0n) is 19.9. The Morgan fingerprint density at radius 2 is 1.65 bits per heavy atom. The first kappa shape index (κ1) is 25.7. The molecule has 3 nitrogen and oxygen atoms in total. The fraction of sp³-hybridized carbons (Fsp3) is 0.231. The summed E-state index contributed by atoms with van der Waals surface area (Å²) in [5.41, 5.74) is 5.10. The highest BCUT2D eigenvalue weighted by molar-refractivity contribution is 6.60. The van der Waals surface area contributed by atoms with Crippen molar-refractivity contribution < 1.29 is 23.0 Å². The summed E-state index contributed by atoms with van der Waals surface area (Å²) in [6, 6.07) is 18.4. The molecule has 176 valence electrons. The van der Waals surface area contributed by atoms with E-state index in [9.17, 15) is 13.2 Å². The normalized spacial score (nSPS) is 12.4. The molecular formula is C26H28B2F3NO2. The third-order valence-electron chi connectivity index (χ3n) is 6.12. The van der Waals surface area contributed by atoms with Crippen LogP contribution in [0, 0.1) is 6.92 Å². The molecule has 0 aromatic heterocycles. The van der Waals surface area contributed by atoms with Crippen molar-refractivity contribution in [3.05, 3.63) is 88.5 Å². The van der Waals surface area contributed by atoms with Crippen LogP contribution in [-0.2, 0) is 12.7 Å². The Labute approximate surface area is 200 Å². The van der Waals surface area contributed by atoms with Crippen LogP contribution in [0.5, 0.6) is 5.75 Å². The van der Waals surface area contributed by atoms with Crippen molar-refractivity contribution in [2.45, 2.75) is 19.6 Å². The van der Waals surface area contributed by atoms with Gasteiger partial charge in [0.05, 0.1) is 19.3 Å². The first-order valence-electron chi connectivity index (χ1n) is 11.1. The summed E-state index contributed by atoms with van der Waals surface area (Å²) in [6.45, 7) is 2.33. The van der Waals surface area contributed by atoms with Crippen molar-refractivity contribution in [1.29, 1.82) is 0 Å². The number of benzene rings is 3. The predicted molar refractivity (Wildman–Crippen MR) is 137 cm³/mol. The van der Waals surface area contributed by atoms with Gasteiger partial charge in [0.2, 0.25) is 0 Å². The number of halogens is 3. The first-order valence-corrected chi connectivity index (χ1v) is 11.1. The monoisotopic (exact) mass is 465 g/mol. The molecule has 3 aromatic rings. The van der Waals surface area contributed by atoms with E-state index in [0.717, 1.165) is 33.8 Å². The van der Waals surface area contributed by atoms with E-state index in [1.165, 1.54) is 13.2 Å². The van der Waals surface area contributed by atoms with Crippen molar-refractivity contribution in [3.8, 4) is 16.9 Å². The maximum atomic E-state index is 14.1. The fourth-order valence-electron chi connectivity index (χ4n) is 4.18. The van der Waals surface area contributed by atoms with Crippen LogP contribution in [0.2, 0.25) is 0 Å². The Balaban J connectivity index is 2.16. The molecule has 0 spiro atoms. The zero-order chi connectivity index (χ0) is 24.9. The lowest BCUT2D eigenvalue weighted by atomic mass is 9.71. The van der Waals surface area contributed by atoms with Crippen LogP contribution in [0.25, 0.3) is 22.1 Å². The number of hydrogen-bond acceptors (Lipinski definition) is 3. The third-order valence-corrected chi connectivity index (χ3v) is 6.12. The second-order valence-electron chi connectivity index (χ2n) is 8.20. The Kier molecular flexibility index (Phi) is 8.28. The summed E-state index contributed by atoms with van der Waals surface area (Å²) >= 11 is 0. The van der Waals surface area contributed by atoms with Gasteiger partial charge in [-0.2, -0.15) is 13.2 Å². The molecule has 0 amide bonds. The molecule has 0 unspecified atom stereocenters. The second-order valence-corrected chi connectivity index (χ2v) is 8.20. The molecule has 2 N–H and O–H groups in total. The molecular weight excluding hydrogens is 437 g/mol. The largest absolute Gasteiger partial charge is 0.496 e. The Morgan fingerprint density at radius 3 is 2.26 bits per heavy atom. The molecule has 0 heterocycles. The van der Waals surface area contributed by atoms with Crippen LogP contribution in [0.15, 0.2) is 60.7 Å². The van der Waals surface area contributed by atoms with E-state index in [1.807, 2.05) is 63.3 Å². The number of aliphatic hydroxyl groups excluding tert-OH is 1. The number of alkyl halides is 3. The molecule has 0 aliphatic heterocycles. The highest BCUT2D eigenvalue weighted by atomic mass is 19.4. The van der Waals surface area contributed by atoms with E-state index < -0.39 is 11.7 Å². The van der Waals surface area contributed by atoms with Gasteiger partial charge >= 0.3 is 6.18 Å². The van der Waals surface area contributed by atoms with Gasteiger partial charge in [0.25, 0.3) is 0 Å². The highest BCUT2D eigenvalue weighted by Crippen LogP contribution is 2.40. The van der Waals surface area contributed by atoms with Gasteiger partial charge in [0.15, 0.2) is 0 Å². The summed E-state index contributed by atoms with van der Waals surface area (Å²) in [4.78, 5) is 0. The average Bonchev–Trinajstić information content (AvgIpc) is 2.83. The minimum Gasteiger partial charge on any atom is -0.496 e. The van der Waals surface area contributed by atoms with Crippen LogP contribution in [0.1, 0.15) is 27.8 Å². The van der Waals surface area contributed by atoms with Crippen molar-refractivity contribution in [2.24, 2.45) is 0 Å². The van der Waals surface area contributed by atoms with E-state index in [0.29, 0.717) is 16.8 Å². The molecule has 0 aliphatic carbocycles. The maximum Gasteiger partial charge on any atom is 0.416 e. The molecule has 0 atom stereocenters. The number of rotatable bonds is 8. The SMILES string of the molecule is B/C(=C(/B)c1cccc(-c2ccccc2)c1C)c1cc(OC)c(CNCCO)cc1C(F)(F)F. The first-order chi connectivity index (χ1) is 16.2. The van der Waals surface area contributed by atoms with E-state index in [1.54, 1.807) is 7.85 Å². The van der Waals surface area contributed by atoms with Crippen LogP contribution in [0.3, 0.4) is 0 Å². The van der Waals surface area contributed by atoms with Crippen LogP contribution in [-0.4, -0.2) is 41.1 Å². The molecule has 0 aliphatic rings. The van der Waals surface area contributed by atoms with Gasteiger partial charge in [-0.3, -0.25) is 0 Å². The smallest absolute Gasteiger partial charge is 0.416 e. The van der Waals surface area contributed by atoms with Crippen LogP contribution in [0.4, 0.5) is 13.2 Å². The topological polar surface area (TPSA) is 41.5 Å². The summed E-state index contributed by atoms with van der Waals surface area (Å²) in [7, 11) is 5.02. The highest BCUT2D eigenvalue weighted by Gasteiger charge is 2.35. The predicted octanol–water partition coefficient (Wildman–Crippen LogP) is 3.86. The zero-order valence-corrected chi connectivity index (χ0v) is 19.9. The Hall–Kier alpha value is -2.96. The van der Waals surface area contributed by atoms with Gasteiger partial charge in [0.1, 0.15) is 21.4 Å². The lowest BCUT2D eigenvalue weighted by molar-refractivity contribution is -0.137. The lowest BCUT2D eigenvalue weighted by Crippen LogP contribution is -2.19. The molecule has 0 fully saturated rings. The standard InChI is InChI=1S/C26H28B2F3NO2/c1-16-19(17-7-4-3-5-8-17)9-6-10-20(16)24(27)25(28)21-14-23(34-2)18(15-32-11-12-33)13-22(21)26(29,30)31/h3-10,13-14,32-33H,11-12,15,27-28H2,1-2H3/b25-24+. The van der Waals surface area contributed by atoms with Gasteiger partial charge in [-0.15, -0.1) is 0 Å². The van der Waals surface area contributed by atoms with E-state index >= 15 is 0 Å². The number of aliphatic hydroxyl groups is 1. The minimum atomic E-state index is -4.53. The quantitative estimate of drug-likeness (QED) is 0.302. The number of methoxy groups -OCH3 is 1. The average molecular weight is 465 g/mol. The second kappa shape index (κ2) is 11.0. The molecule has 0 bridgehead atoms. The number of nitrogens with one attached hydrogen (secondary N) is 1. The number of ether oxygens (including phenoxy) is 1. The van der Waals surface area contributed by atoms with E-state index in [4.69, 9.17) is 9.84 Å². The van der Waals surface area contributed by atoms with E-state index in [-0.39, 0.29) is 25.3 Å². The molecule has 0 saturated heterocycles. The summed E-state index contributed by atoms with van der Waals surface area (Å²) < 4.78 is 47.8. The van der Waals surface area contributed by atoms with Crippen LogP contribution < -0.4 is 10.1 Å². The minimum absolute atomic E-state index is 0.0947. The van der Waals surface area contributed by atoms with Gasteiger partial charge in [-0.25, -0.2) is 0 Å². The summed E-state index contributed by atoms with van der Waals surface area (Å²) in [5.74, 6) is 0.371. The molecule has 0 radical (unpaired) electrons. The van der Waals surface area contributed by atoms with Gasteiger partial charge < -0.3 is 15.2 Å². The lowest BCUT2D eigenvalue weighted by Gasteiger charge is -2.21. The number of hydrogen-bond donors (Lipinski definition) is 2. The van der Waals surface area contributed by atoms with Crippen molar-refractivity contribution in [1.82, 2.24) is 5.32 Å². The maximum absolute atomic E-state index is 14.1. The summed E-state index contributed by atoms with van der Waals surface area (Å²) in [5, 5.41) is 11.9.